The first kappa shape index (κ1) is 16.1. The second-order valence-electron chi connectivity index (χ2n) is 5.31. The van der Waals surface area contributed by atoms with E-state index in [-0.39, 0.29) is 5.91 Å². The summed E-state index contributed by atoms with van der Waals surface area (Å²) in [6.45, 7) is 5.26. The normalized spacial score (nSPS) is 13.0. The molecular formula is C16H17F3N2O. The molecule has 1 heterocycles. The van der Waals surface area contributed by atoms with Crippen molar-refractivity contribution in [2.45, 2.75) is 33.0 Å². The topological polar surface area (TPSA) is 44.9 Å². The molecule has 6 heteroatoms. The third kappa shape index (κ3) is 3.50. The van der Waals surface area contributed by atoms with Gasteiger partial charge in [0.2, 0.25) is 0 Å². The molecule has 0 aliphatic rings. The summed E-state index contributed by atoms with van der Waals surface area (Å²) in [7, 11) is 0. The fraction of sp³-hybridized carbons (Fsp3) is 0.312. The van der Waals surface area contributed by atoms with Crippen molar-refractivity contribution in [1.29, 1.82) is 0 Å². The van der Waals surface area contributed by atoms with E-state index in [0.717, 1.165) is 23.5 Å². The number of aryl methyl sites for hydroxylation is 2. The van der Waals surface area contributed by atoms with Gasteiger partial charge in [-0.05, 0) is 44.5 Å². The molecule has 0 unspecified atom stereocenters. The molecule has 0 radical (unpaired) electrons. The molecule has 118 valence electrons. The van der Waals surface area contributed by atoms with Crippen LogP contribution in [0, 0.1) is 13.8 Å². The van der Waals surface area contributed by atoms with Crippen LogP contribution in [0.1, 0.15) is 45.8 Å². The summed E-state index contributed by atoms with van der Waals surface area (Å²) in [6.07, 6.45) is -4.39. The smallest absolute Gasteiger partial charge is 0.362 e. The zero-order chi connectivity index (χ0) is 16.5. The first-order valence-electron chi connectivity index (χ1n) is 6.82. The number of halogens is 3. The maximum absolute atomic E-state index is 12.7. The van der Waals surface area contributed by atoms with Crippen LogP contribution in [0.15, 0.2) is 30.3 Å². The molecule has 2 aromatic rings. The number of amides is 1. The highest BCUT2D eigenvalue weighted by atomic mass is 19.4. The average molecular weight is 310 g/mol. The highest BCUT2D eigenvalue weighted by Gasteiger charge is 2.30. The van der Waals surface area contributed by atoms with Crippen molar-refractivity contribution in [3.05, 3.63) is 58.4 Å². The molecule has 1 amide bonds. The Morgan fingerprint density at radius 3 is 2.45 bits per heavy atom. The highest BCUT2D eigenvalue weighted by Crippen LogP contribution is 2.30. The van der Waals surface area contributed by atoms with E-state index < -0.39 is 17.8 Å². The molecule has 0 fully saturated rings. The van der Waals surface area contributed by atoms with Crippen LogP contribution in [0.2, 0.25) is 0 Å². The molecule has 22 heavy (non-hydrogen) atoms. The number of benzene rings is 1. The number of alkyl halides is 3. The lowest BCUT2D eigenvalue weighted by molar-refractivity contribution is -0.137. The van der Waals surface area contributed by atoms with E-state index in [2.05, 4.69) is 10.3 Å². The summed E-state index contributed by atoms with van der Waals surface area (Å²) in [5, 5.41) is 2.72. The number of nitrogens with one attached hydrogen (secondary N) is 2. The van der Waals surface area contributed by atoms with Gasteiger partial charge in [0.05, 0.1) is 17.2 Å². The quantitative estimate of drug-likeness (QED) is 0.879. The van der Waals surface area contributed by atoms with Gasteiger partial charge in [-0.3, -0.25) is 4.79 Å². The summed E-state index contributed by atoms with van der Waals surface area (Å²) in [4.78, 5) is 15.2. The lowest BCUT2D eigenvalue weighted by Gasteiger charge is -2.16. The van der Waals surface area contributed by atoms with E-state index in [9.17, 15) is 18.0 Å². The Bertz CT molecular complexity index is 689. The van der Waals surface area contributed by atoms with Gasteiger partial charge in [-0.2, -0.15) is 13.2 Å². The van der Waals surface area contributed by atoms with Gasteiger partial charge in [-0.25, -0.2) is 0 Å². The highest BCUT2D eigenvalue weighted by molar-refractivity contribution is 5.95. The standard InChI is InChI=1S/C16H17F3N2O/c1-9-7-14(11(3)20-9)15(22)21-10(2)12-5-4-6-13(8-12)16(17,18)19/h4-8,10,20H,1-3H3,(H,21,22)/t10-/m1/s1. The van der Waals surface area contributed by atoms with Crippen molar-refractivity contribution < 1.29 is 18.0 Å². The Balaban J connectivity index is 2.17. The van der Waals surface area contributed by atoms with E-state index in [1.807, 2.05) is 6.92 Å². The molecule has 0 aliphatic heterocycles. The number of hydrogen-bond donors (Lipinski definition) is 2. The van der Waals surface area contributed by atoms with Crippen molar-refractivity contribution in [3.8, 4) is 0 Å². The summed E-state index contributed by atoms with van der Waals surface area (Å²) >= 11 is 0. The Kier molecular flexibility index (Phi) is 4.30. The summed E-state index contributed by atoms with van der Waals surface area (Å²) in [6, 6.07) is 6.16. The SMILES string of the molecule is Cc1cc(C(=O)N[C@H](C)c2cccc(C(F)(F)F)c2)c(C)[nH]1. The van der Waals surface area contributed by atoms with Crippen molar-refractivity contribution in [1.82, 2.24) is 10.3 Å². The van der Waals surface area contributed by atoms with Crippen LogP contribution in [0.5, 0.6) is 0 Å². The van der Waals surface area contributed by atoms with Crippen LogP contribution in [0.4, 0.5) is 13.2 Å². The fourth-order valence-electron chi connectivity index (χ4n) is 2.30. The minimum absolute atomic E-state index is 0.313. The number of hydrogen-bond acceptors (Lipinski definition) is 1. The predicted molar refractivity (Wildman–Crippen MR) is 77.6 cm³/mol. The molecule has 0 saturated carbocycles. The Labute approximate surface area is 126 Å². The zero-order valence-corrected chi connectivity index (χ0v) is 12.5. The van der Waals surface area contributed by atoms with Gasteiger partial charge in [0.1, 0.15) is 0 Å². The number of rotatable bonds is 3. The number of aromatic nitrogens is 1. The van der Waals surface area contributed by atoms with Gasteiger partial charge in [-0.1, -0.05) is 12.1 Å². The van der Waals surface area contributed by atoms with Crippen LogP contribution in [-0.2, 0) is 6.18 Å². The van der Waals surface area contributed by atoms with Crippen LogP contribution < -0.4 is 5.32 Å². The second kappa shape index (κ2) is 5.87. The summed E-state index contributed by atoms with van der Waals surface area (Å²) in [5.74, 6) is -0.313. The first-order valence-corrected chi connectivity index (χ1v) is 6.82. The monoisotopic (exact) mass is 310 g/mol. The first-order chi connectivity index (χ1) is 10.2. The third-order valence-corrected chi connectivity index (χ3v) is 3.46. The minimum atomic E-state index is -4.39. The summed E-state index contributed by atoms with van der Waals surface area (Å²) in [5.41, 5.74) is 1.77. The van der Waals surface area contributed by atoms with Crippen molar-refractivity contribution >= 4 is 5.91 Å². The molecular weight excluding hydrogens is 293 g/mol. The van der Waals surface area contributed by atoms with Gasteiger partial charge in [0.15, 0.2) is 0 Å². The molecule has 3 nitrogen and oxygen atoms in total. The van der Waals surface area contributed by atoms with Crippen LogP contribution >= 0.6 is 0 Å². The van der Waals surface area contributed by atoms with Gasteiger partial charge in [-0.15, -0.1) is 0 Å². The van der Waals surface area contributed by atoms with Crippen LogP contribution in [0.25, 0.3) is 0 Å². The average Bonchev–Trinajstić information content (AvgIpc) is 2.77. The fourth-order valence-corrected chi connectivity index (χ4v) is 2.30. The lowest BCUT2D eigenvalue weighted by Crippen LogP contribution is -2.27. The molecule has 2 N–H and O–H groups in total. The second-order valence-corrected chi connectivity index (χ2v) is 5.31. The number of carbonyl (C=O) groups is 1. The Morgan fingerprint density at radius 1 is 1.23 bits per heavy atom. The number of carbonyl (C=O) groups excluding carboxylic acids is 1. The van der Waals surface area contributed by atoms with E-state index in [0.29, 0.717) is 11.1 Å². The maximum atomic E-state index is 12.7. The number of H-pyrrole nitrogens is 1. The van der Waals surface area contributed by atoms with Crippen molar-refractivity contribution in [2.24, 2.45) is 0 Å². The van der Waals surface area contributed by atoms with Crippen LogP contribution in [0.3, 0.4) is 0 Å². The molecule has 0 spiro atoms. The molecule has 1 aromatic carbocycles. The van der Waals surface area contributed by atoms with Gasteiger partial charge < -0.3 is 10.3 Å². The van der Waals surface area contributed by atoms with Crippen molar-refractivity contribution in [3.63, 3.8) is 0 Å². The van der Waals surface area contributed by atoms with Crippen molar-refractivity contribution in [2.75, 3.05) is 0 Å². The van der Waals surface area contributed by atoms with Gasteiger partial charge >= 0.3 is 6.18 Å². The largest absolute Gasteiger partial charge is 0.416 e. The zero-order valence-electron chi connectivity index (χ0n) is 12.5. The van der Waals surface area contributed by atoms with E-state index in [1.165, 1.54) is 6.07 Å². The minimum Gasteiger partial charge on any atom is -0.362 e. The molecule has 1 aromatic heterocycles. The Morgan fingerprint density at radius 2 is 1.91 bits per heavy atom. The number of aromatic amines is 1. The molecule has 0 bridgehead atoms. The Hall–Kier alpha value is -2.24. The van der Waals surface area contributed by atoms with Crippen LogP contribution in [-0.4, -0.2) is 10.9 Å². The lowest BCUT2D eigenvalue weighted by atomic mass is 10.0. The van der Waals surface area contributed by atoms with E-state index in [1.54, 1.807) is 26.0 Å². The molecule has 1 atom stereocenters. The summed E-state index contributed by atoms with van der Waals surface area (Å²) < 4.78 is 38.2. The van der Waals surface area contributed by atoms with Gasteiger partial charge in [0, 0.05) is 11.4 Å². The van der Waals surface area contributed by atoms with Gasteiger partial charge in [0.25, 0.3) is 5.91 Å². The maximum Gasteiger partial charge on any atom is 0.416 e. The van der Waals surface area contributed by atoms with E-state index >= 15 is 0 Å². The predicted octanol–water partition coefficient (Wildman–Crippen LogP) is 4.14. The molecule has 2 rings (SSSR count). The molecule has 0 saturated heterocycles. The third-order valence-electron chi connectivity index (χ3n) is 3.46. The van der Waals surface area contributed by atoms with E-state index in [4.69, 9.17) is 0 Å². The molecule has 0 aliphatic carbocycles.